The lowest BCUT2D eigenvalue weighted by Crippen LogP contribution is -2.19. The van der Waals surface area contributed by atoms with E-state index < -0.39 is 0 Å². The molecule has 4 rings (SSSR count). The van der Waals surface area contributed by atoms with E-state index in [1.54, 1.807) is 0 Å². The molecule has 29 heavy (non-hydrogen) atoms. The van der Waals surface area contributed by atoms with Gasteiger partial charge in [0.25, 0.3) is 0 Å². The van der Waals surface area contributed by atoms with Gasteiger partial charge in [-0.1, -0.05) is 30.3 Å². The summed E-state index contributed by atoms with van der Waals surface area (Å²) in [4.78, 5) is 11.5. The van der Waals surface area contributed by atoms with Crippen molar-refractivity contribution >= 4 is 23.0 Å². The molecule has 0 spiro atoms. The zero-order valence-electron chi connectivity index (χ0n) is 16.9. The SMILES string of the molecule is CN(C)c1ccc(Nc2cc(NCC3CCCO3)nc(-c3ccccc3)n2)cc1. The van der Waals surface area contributed by atoms with Gasteiger partial charge < -0.3 is 20.3 Å². The first-order valence-corrected chi connectivity index (χ1v) is 10.0. The van der Waals surface area contributed by atoms with Crippen LogP contribution in [-0.4, -0.2) is 43.3 Å². The monoisotopic (exact) mass is 389 g/mol. The molecular formula is C23H27N5O. The minimum absolute atomic E-state index is 0.250. The Hall–Kier alpha value is -3.12. The lowest BCUT2D eigenvalue weighted by atomic mass is 10.2. The van der Waals surface area contributed by atoms with Crippen LogP contribution in [0, 0.1) is 0 Å². The van der Waals surface area contributed by atoms with Crippen LogP contribution in [0.2, 0.25) is 0 Å². The van der Waals surface area contributed by atoms with Gasteiger partial charge in [-0.3, -0.25) is 0 Å². The Morgan fingerprint density at radius 2 is 1.76 bits per heavy atom. The lowest BCUT2D eigenvalue weighted by molar-refractivity contribution is 0.120. The van der Waals surface area contributed by atoms with Crippen LogP contribution in [0.15, 0.2) is 60.7 Å². The molecule has 1 aromatic heterocycles. The number of benzene rings is 2. The molecule has 0 amide bonds. The minimum atomic E-state index is 0.250. The number of nitrogens with zero attached hydrogens (tertiary/aromatic N) is 3. The van der Waals surface area contributed by atoms with Crippen LogP contribution in [0.5, 0.6) is 0 Å². The van der Waals surface area contributed by atoms with Crippen LogP contribution in [-0.2, 0) is 4.74 Å². The number of nitrogens with one attached hydrogen (secondary N) is 2. The molecule has 2 aromatic carbocycles. The lowest BCUT2D eigenvalue weighted by Gasteiger charge is -2.15. The molecule has 1 atom stereocenters. The zero-order valence-corrected chi connectivity index (χ0v) is 16.9. The average molecular weight is 390 g/mol. The van der Waals surface area contributed by atoms with Gasteiger partial charge in [-0.2, -0.15) is 0 Å². The molecule has 2 N–H and O–H groups in total. The highest BCUT2D eigenvalue weighted by Gasteiger charge is 2.16. The van der Waals surface area contributed by atoms with Gasteiger partial charge >= 0.3 is 0 Å². The van der Waals surface area contributed by atoms with Crippen LogP contribution in [0.3, 0.4) is 0 Å². The predicted octanol–water partition coefficient (Wildman–Crippen LogP) is 4.54. The molecule has 1 unspecified atom stereocenters. The van der Waals surface area contributed by atoms with Crippen LogP contribution in [0.25, 0.3) is 11.4 Å². The second kappa shape index (κ2) is 8.92. The van der Waals surface area contributed by atoms with Crippen LogP contribution < -0.4 is 15.5 Å². The third-order valence-corrected chi connectivity index (χ3v) is 4.95. The van der Waals surface area contributed by atoms with E-state index in [1.165, 1.54) is 0 Å². The topological polar surface area (TPSA) is 62.3 Å². The Kier molecular flexibility index (Phi) is 5.91. The van der Waals surface area contributed by atoms with E-state index in [0.29, 0.717) is 5.82 Å². The molecule has 3 aromatic rings. The summed E-state index contributed by atoms with van der Waals surface area (Å²) in [6.07, 6.45) is 2.47. The van der Waals surface area contributed by atoms with Gasteiger partial charge in [0.2, 0.25) is 0 Å². The van der Waals surface area contributed by atoms with Gasteiger partial charge in [-0.15, -0.1) is 0 Å². The van der Waals surface area contributed by atoms with E-state index >= 15 is 0 Å². The molecule has 0 saturated carbocycles. The zero-order chi connectivity index (χ0) is 20.1. The summed E-state index contributed by atoms with van der Waals surface area (Å²) in [6, 6.07) is 20.3. The summed E-state index contributed by atoms with van der Waals surface area (Å²) < 4.78 is 5.72. The highest BCUT2D eigenvalue weighted by molar-refractivity contribution is 5.66. The number of rotatable bonds is 7. The molecule has 0 aliphatic carbocycles. The number of hydrogen-bond donors (Lipinski definition) is 2. The summed E-state index contributed by atoms with van der Waals surface area (Å²) in [5, 5.41) is 6.83. The van der Waals surface area contributed by atoms with E-state index in [4.69, 9.17) is 14.7 Å². The van der Waals surface area contributed by atoms with Crippen molar-refractivity contribution < 1.29 is 4.74 Å². The fraction of sp³-hybridized carbons (Fsp3) is 0.304. The van der Waals surface area contributed by atoms with E-state index in [-0.39, 0.29) is 6.10 Å². The number of anilines is 4. The summed E-state index contributed by atoms with van der Waals surface area (Å²) in [5.74, 6) is 2.24. The third kappa shape index (κ3) is 5.03. The fourth-order valence-electron chi connectivity index (χ4n) is 3.33. The molecule has 0 radical (unpaired) electrons. The van der Waals surface area contributed by atoms with Gasteiger partial charge in [0.15, 0.2) is 5.82 Å². The van der Waals surface area contributed by atoms with Gasteiger partial charge in [0, 0.05) is 50.3 Å². The van der Waals surface area contributed by atoms with E-state index in [9.17, 15) is 0 Å². The summed E-state index contributed by atoms with van der Waals surface area (Å²) in [7, 11) is 4.07. The maximum absolute atomic E-state index is 5.72. The van der Waals surface area contributed by atoms with Crippen molar-refractivity contribution in [1.29, 1.82) is 0 Å². The molecule has 6 nitrogen and oxygen atoms in total. The molecule has 1 fully saturated rings. The van der Waals surface area contributed by atoms with E-state index in [0.717, 1.165) is 54.6 Å². The van der Waals surface area contributed by atoms with Crippen molar-refractivity contribution in [2.24, 2.45) is 0 Å². The second-order valence-electron chi connectivity index (χ2n) is 7.41. The summed E-state index contributed by atoms with van der Waals surface area (Å²) in [6.45, 7) is 1.60. The van der Waals surface area contributed by atoms with Crippen LogP contribution >= 0.6 is 0 Å². The molecule has 1 aliphatic rings. The first-order chi connectivity index (χ1) is 14.2. The van der Waals surface area contributed by atoms with Gasteiger partial charge in [0.05, 0.1) is 6.10 Å². The quantitative estimate of drug-likeness (QED) is 0.618. The molecule has 150 valence electrons. The first kappa shape index (κ1) is 19.2. The van der Waals surface area contributed by atoms with Crippen molar-refractivity contribution in [3.05, 3.63) is 60.7 Å². The molecule has 0 bridgehead atoms. The maximum Gasteiger partial charge on any atom is 0.163 e. The highest BCUT2D eigenvalue weighted by Crippen LogP contribution is 2.24. The van der Waals surface area contributed by atoms with Gasteiger partial charge in [0.1, 0.15) is 11.6 Å². The fourth-order valence-corrected chi connectivity index (χ4v) is 3.33. The molecule has 6 heteroatoms. The van der Waals surface area contributed by atoms with Crippen molar-refractivity contribution in [3.63, 3.8) is 0 Å². The average Bonchev–Trinajstić information content (AvgIpc) is 3.27. The van der Waals surface area contributed by atoms with Crippen molar-refractivity contribution in [1.82, 2.24) is 9.97 Å². The van der Waals surface area contributed by atoms with Crippen LogP contribution in [0.4, 0.5) is 23.0 Å². The first-order valence-electron chi connectivity index (χ1n) is 10.0. The Morgan fingerprint density at radius 3 is 2.45 bits per heavy atom. The summed E-state index contributed by atoms with van der Waals surface area (Å²) in [5.41, 5.74) is 3.12. The van der Waals surface area contributed by atoms with Crippen LogP contribution in [0.1, 0.15) is 12.8 Å². The maximum atomic E-state index is 5.72. The normalized spacial score (nSPS) is 15.9. The molecule has 1 saturated heterocycles. The molecule has 1 aliphatic heterocycles. The molecular weight excluding hydrogens is 362 g/mol. The highest BCUT2D eigenvalue weighted by atomic mass is 16.5. The van der Waals surface area contributed by atoms with Gasteiger partial charge in [-0.05, 0) is 37.1 Å². The Morgan fingerprint density at radius 1 is 1.00 bits per heavy atom. The Bertz CT molecular complexity index is 922. The second-order valence-corrected chi connectivity index (χ2v) is 7.41. The number of aromatic nitrogens is 2. The minimum Gasteiger partial charge on any atom is -0.378 e. The summed E-state index contributed by atoms with van der Waals surface area (Å²) >= 11 is 0. The Labute approximate surface area is 172 Å². The van der Waals surface area contributed by atoms with Crippen molar-refractivity contribution in [3.8, 4) is 11.4 Å². The predicted molar refractivity (Wildman–Crippen MR) is 119 cm³/mol. The van der Waals surface area contributed by atoms with E-state index in [1.807, 2.05) is 50.5 Å². The van der Waals surface area contributed by atoms with E-state index in [2.05, 4.69) is 39.8 Å². The molecule has 2 heterocycles. The number of hydrogen-bond acceptors (Lipinski definition) is 6. The van der Waals surface area contributed by atoms with Gasteiger partial charge in [-0.25, -0.2) is 9.97 Å². The number of ether oxygens (including phenoxy) is 1. The Balaban J connectivity index is 1.58. The smallest absolute Gasteiger partial charge is 0.163 e. The standard InChI is InChI=1S/C23H27N5O/c1-28(2)19-12-10-18(11-13-19)25-22-15-21(24-16-20-9-6-14-29-20)26-23(27-22)17-7-4-3-5-8-17/h3-5,7-8,10-13,15,20H,6,9,14,16H2,1-2H3,(H2,24,25,26,27). The van der Waals surface area contributed by atoms with Crippen molar-refractivity contribution in [2.45, 2.75) is 18.9 Å². The van der Waals surface area contributed by atoms with Crippen molar-refractivity contribution in [2.75, 3.05) is 42.8 Å². The third-order valence-electron chi connectivity index (χ3n) is 4.95. The largest absolute Gasteiger partial charge is 0.378 e.